The van der Waals surface area contributed by atoms with Gasteiger partial charge in [-0.2, -0.15) is 4.98 Å². The molecule has 0 saturated carbocycles. The summed E-state index contributed by atoms with van der Waals surface area (Å²) >= 11 is 0. The molecule has 3 N–H and O–H groups in total. The first-order chi connectivity index (χ1) is 8.65. The zero-order valence-electron chi connectivity index (χ0n) is 9.99. The Bertz CT molecular complexity index is 634. The summed E-state index contributed by atoms with van der Waals surface area (Å²) in [6.45, 7) is 2.04. The summed E-state index contributed by atoms with van der Waals surface area (Å²) in [6, 6.07) is 5.61. The SMILES string of the molecule is CC(=O)NCCC#Cc1ccc2oc(N)nc2c1. The molecule has 0 radical (unpaired) electrons. The molecule has 5 heteroatoms. The van der Waals surface area contributed by atoms with Crippen molar-refractivity contribution in [3.05, 3.63) is 23.8 Å². The number of nitrogens with one attached hydrogen (secondary N) is 1. The highest BCUT2D eigenvalue weighted by molar-refractivity contribution is 5.76. The molecular formula is C13H13N3O2. The molecule has 0 saturated heterocycles. The fraction of sp³-hybridized carbons (Fsp3) is 0.231. The average Bonchev–Trinajstić information content (AvgIpc) is 2.67. The molecule has 2 rings (SSSR count). The van der Waals surface area contributed by atoms with Crippen molar-refractivity contribution >= 4 is 23.0 Å². The maximum absolute atomic E-state index is 10.6. The predicted molar refractivity (Wildman–Crippen MR) is 68.6 cm³/mol. The standard InChI is InChI=1S/C13H13N3O2/c1-9(17)15-7-3-2-4-10-5-6-12-11(8-10)16-13(14)18-12/h5-6,8H,3,7H2,1H3,(H2,14,16)(H,15,17). The Morgan fingerprint density at radius 2 is 2.39 bits per heavy atom. The van der Waals surface area contributed by atoms with Crippen molar-refractivity contribution in [2.75, 3.05) is 12.3 Å². The lowest BCUT2D eigenvalue weighted by Gasteiger charge is -1.94. The Morgan fingerprint density at radius 1 is 1.56 bits per heavy atom. The number of nitrogens with zero attached hydrogens (tertiary/aromatic N) is 1. The Kier molecular flexibility index (Phi) is 3.49. The largest absolute Gasteiger partial charge is 0.424 e. The summed E-state index contributed by atoms with van der Waals surface area (Å²) in [5.41, 5.74) is 7.65. The third kappa shape index (κ3) is 3.01. The van der Waals surface area contributed by atoms with Gasteiger partial charge in [-0.1, -0.05) is 11.8 Å². The van der Waals surface area contributed by atoms with Crippen LogP contribution in [0.15, 0.2) is 22.6 Å². The van der Waals surface area contributed by atoms with Crippen LogP contribution >= 0.6 is 0 Å². The van der Waals surface area contributed by atoms with Gasteiger partial charge < -0.3 is 15.5 Å². The molecule has 18 heavy (non-hydrogen) atoms. The van der Waals surface area contributed by atoms with Crippen LogP contribution in [0.2, 0.25) is 0 Å². The normalized spacial score (nSPS) is 9.83. The number of rotatable bonds is 2. The van der Waals surface area contributed by atoms with Gasteiger partial charge in [0.15, 0.2) is 5.58 Å². The molecule has 0 unspecified atom stereocenters. The lowest BCUT2D eigenvalue weighted by molar-refractivity contribution is -0.118. The number of fused-ring (bicyclic) bond motifs is 1. The third-order valence-corrected chi connectivity index (χ3v) is 2.26. The zero-order chi connectivity index (χ0) is 13.0. The lowest BCUT2D eigenvalue weighted by atomic mass is 10.2. The van der Waals surface area contributed by atoms with E-state index in [9.17, 15) is 4.79 Å². The Morgan fingerprint density at radius 3 is 3.17 bits per heavy atom. The number of amides is 1. The van der Waals surface area contributed by atoms with Gasteiger partial charge >= 0.3 is 0 Å². The van der Waals surface area contributed by atoms with Crippen LogP contribution in [0.4, 0.5) is 6.01 Å². The topological polar surface area (TPSA) is 81.2 Å². The molecule has 0 aliphatic heterocycles. The van der Waals surface area contributed by atoms with Crippen LogP contribution in [0.1, 0.15) is 18.9 Å². The minimum atomic E-state index is -0.0451. The molecule has 0 bridgehead atoms. The molecule has 0 fully saturated rings. The van der Waals surface area contributed by atoms with Crippen molar-refractivity contribution in [1.29, 1.82) is 0 Å². The minimum absolute atomic E-state index is 0.0451. The van der Waals surface area contributed by atoms with Crippen LogP contribution < -0.4 is 11.1 Å². The zero-order valence-corrected chi connectivity index (χ0v) is 9.99. The van der Waals surface area contributed by atoms with Gasteiger partial charge in [0.1, 0.15) is 5.52 Å². The van der Waals surface area contributed by atoms with Crippen molar-refractivity contribution < 1.29 is 9.21 Å². The summed E-state index contributed by atoms with van der Waals surface area (Å²) in [4.78, 5) is 14.7. The van der Waals surface area contributed by atoms with E-state index in [0.717, 1.165) is 5.56 Å². The highest BCUT2D eigenvalue weighted by Gasteiger charge is 2.01. The van der Waals surface area contributed by atoms with Crippen LogP contribution in [0.5, 0.6) is 0 Å². The quantitative estimate of drug-likeness (QED) is 0.615. The number of nitrogens with two attached hydrogens (primary N) is 1. The fourth-order valence-corrected chi connectivity index (χ4v) is 1.49. The van der Waals surface area contributed by atoms with E-state index in [2.05, 4.69) is 22.1 Å². The number of oxazole rings is 1. The minimum Gasteiger partial charge on any atom is -0.424 e. The molecule has 2 aromatic rings. The predicted octanol–water partition coefficient (Wildman–Crippen LogP) is 1.29. The van der Waals surface area contributed by atoms with Crippen LogP contribution in [0, 0.1) is 11.8 Å². The van der Waals surface area contributed by atoms with Crippen molar-refractivity contribution in [2.24, 2.45) is 0 Å². The second kappa shape index (κ2) is 5.23. The molecule has 1 heterocycles. The van der Waals surface area contributed by atoms with Gasteiger partial charge in [-0.05, 0) is 18.2 Å². The highest BCUT2D eigenvalue weighted by Crippen LogP contribution is 2.17. The van der Waals surface area contributed by atoms with Gasteiger partial charge in [0.2, 0.25) is 5.91 Å². The second-order valence-electron chi connectivity index (χ2n) is 3.77. The number of benzene rings is 1. The summed E-state index contributed by atoms with van der Waals surface area (Å²) < 4.78 is 5.16. The molecule has 5 nitrogen and oxygen atoms in total. The number of nitrogen functional groups attached to an aromatic ring is 1. The van der Waals surface area contributed by atoms with E-state index in [1.165, 1.54) is 6.92 Å². The van der Waals surface area contributed by atoms with Crippen LogP contribution in [-0.2, 0) is 4.79 Å². The summed E-state index contributed by atoms with van der Waals surface area (Å²) in [7, 11) is 0. The fourth-order valence-electron chi connectivity index (χ4n) is 1.49. The van der Waals surface area contributed by atoms with E-state index < -0.39 is 0 Å². The lowest BCUT2D eigenvalue weighted by Crippen LogP contribution is -2.20. The van der Waals surface area contributed by atoms with E-state index in [-0.39, 0.29) is 11.9 Å². The number of carbonyl (C=O) groups excluding carboxylic acids is 1. The molecule has 92 valence electrons. The second-order valence-corrected chi connectivity index (χ2v) is 3.77. The van der Waals surface area contributed by atoms with Gasteiger partial charge in [-0.25, -0.2) is 0 Å². The number of carbonyl (C=O) groups is 1. The van der Waals surface area contributed by atoms with E-state index in [1.807, 2.05) is 12.1 Å². The van der Waals surface area contributed by atoms with Gasteiger partial charge in [-0.3, -0.25) is 4.79 Å². The molecule has 0 spiro atoms. The summed E-state index contributed by atoms with van der Waals surface area (Å²) in [6.07, 6.45) is 0.610. The summed E-state index contributed by atoms with van der Waals surface area (Å²) in [5.74, 6) is 5.93. The van der Waals surface area contributed by atoms with Crippen molar-refractivity contribution in [2.45, 2.75) is 13.3 Å². The van der Waals surface area contributed by atoms with E-state index in [4.69, 9.17) is 10.2 Å². The van der Waals surface area contributed by atoms with Crippen LogP contribution in [0.3, 0.4) is 0 Å². The maximum atomic E-state index is 10.6. The van der Waals surface area contributed by atoms with Crippen LogP contribution in [-0.4, -0.2) is 17.4 Å². The van der Waals surface area contributed by atoms with Crippen molar-refractivity contribution in [1.82, 2.24) is 10.3 Å². The number of hydrogen-bond donors (Lipinski definition) is 2. The third-order valence-electron chi connectivity index (χ3n) is 2.26. The smallest absolute Gasteiger partial charge is 0.292 e. The van der Waals surface area contributed by atoms with E-state index in [1.54, 1.807) is 6.07 Å². The van der Waals surface area contributed by atoms with Gasteiger partial charge in [-0.15, -0.1) is 0 Å². The van der Waals surface area contributed by atoms with E-state index in [0.29, 0.717) is 24.1 Å². The Labute approximate surface area is 104 Å². The van der Waals surface area contributed by atoms with Gasteiger partial charge in [0.25, 0.3) is 6.01 Å². The molecule has 0 aliphatic carbocycles. The monoisotopic (exact) mass is 243 g/mol. The Balaban J connectivity index is 2.03. The molecule has 1 aromatic carbocycles. The van der Waals surface area contributed by atoms with E-state index >= 15 is 0 Å². The number of hydrogen-bond acceptors (Lipinski definition) is 4. The first-order valence-corrected chi connectivity index (χ1v) is 5.54. The Hall–Kier alpha value is -2.48. The average molecular weight is 243 g/mol. The van der Waals surface area contributed by atoms with Gasteiger partial charge in [0, 0.05) is 25.5 Å². The maximum Gasteiger partial charge on any atom is 0.292 e. The first kappa shape index (κ1) is 12.0. The molecular weight excluding hydrogens is 230 g/mol. The summed E-state index contributed by atoms with van der Waals surface area (Å²) in [5, 5.41) is 2.68. The molecule has 1 amide bonds. The van der Waals surface area contributed by atoms with Crippen molar-refractivity contribution in [3.63, 3.8) is 0 Å². The highest BCUT2D eigenvalue weighted by atomic mass is 16.4. The van der Waals surface area contributed by atoms with Crippen molar-refractivity contribution in [3.8, 4) is 11.8 Å². The molecule has 1 aromatic heterocycles. The number of anilines is 1. The van der Waals surface area contributed by atoms with Gasteiger partial charge in [0.05, 0.1) is 0 Å². The van der Waals surface area contributed by atoms with Crippen LogP contribution in [0.25, 0.3) is 11.1 Å². The molecule has 0 aliphatic rings. The number of aromatic nitrogens is 1. The molecule has 0 atom stereocenters. The first-order valence-electron chi connectivity index (χ1n) is 5.54.